The van der Waals surface area contributed by atoms with Crippen molar-refractivity contribution >= 4 is 15.7 Å². The molecule has 0 unspecified atom stereocenters. The van der Waals surface area contributed by atoms with Gasteiger partial charge in [0, 0.05) is 5.56 Å². The van der Waals surface area contributed by atoms with Crippen LogP contribution in [0.3, 0.4) is 0 Å². The molecular formula is C18H18N2O5S. The van der Waals surface area contributed by atoms with Gasteiger partial charge < -0.3 is 14.7 Å². The van der Waals surface area contributed by atoms with Crippen LogP contribution in [0.25, 0.3) is 11.1 Å². The maximum Gasteiger partial charge on any atom is 0.262 e. The van der Waals surface area contributed by atoms with Crippen molar-refractivity contribution in [1.29, 1.82) is 0 Å². The van der Waals surface area contributed by atoms with E-state index in [1.165, 1.54) is 24.3 Å². The zero-order chi connectivity index (χ0) is 19.1. The van der Waals surface area contributed by atoms with Gasteiger partial charge in [-0.1, -0.05) is 23.4 Å². The number of phenols is 2. The first-order chi connectivity index (χ1) is 12.2. The fraction of sp³-hybridized carbons (Fsp3) is 0.167. The average molecular weight is 374 g/mol. The first-order valence-electron chi connectivity index (χ1n) is 7.78. The third kappa shape index (κ3) is 3.11. The minimum Gasteiger partial charge on any atom is -0.504 e. The molecule has 0 spiro atoms. The van der Waals surface area contributed by atoms with Crippen LogP contribution in [0.4, 0.5) is 5.69 Å². The van der Waals surface area contributed by atoms with E-state index in [-0.39, 0.29) is 10.6 Å². The van der Waals surface area contributed by atoms with Gasteiger partial charge in [-0.05, 0) is 50.1 Å². The Morgan fingerprint density at radius 3 is 2.46 bits per heavy atom. The van der Waals surface area contributed by atoms with Crippen molar-refractivity contribution in [1.82, 2.24) is 5.16 Å². The van der Waals surface area contributed by atoms with Gasteiger partial charge in [-0.25, -0.2) is 8.42 Å². The second-order valence-corrected chi connectivity index (χ2v) is 7.61. The van der Waals surface area contributed by atoms with Crippen LogP contribution in [0.5, 0.6) is 11.5 Å². The number of nitrogens with zero attached hydrogens (tertiary/aromatic N) is 1. The summed E-state index contributed by atoms with van der Waals surface area (Å²) in [4.78, 5) is 0.0535. The molecule has 26 heavy (non-hydrogen) atoms. The van der Waals surface area contributed by atoms with E-state index in [0.29, 0.717) is 22.6 Å². The maximum absolute atomic E-state index is 12.8. The number of anilines is 1. The molecule has 0 saturated heterocycles. The number of para-hydroxylation sites is 1. The Labute approximate surface area is 151 Å². The lowest BCUT2D eigenvalue weighted by molar-refractivity contribution is 0.393. The van der Waals surface area contributed by atoms with Crippen molar-refractivity contribution < 1.29 is 23.2 Å². The summed E-state index contributed by atoms with van der Waals surface area (Å²) in [6.45, 7) is 5.21. The van der Waals surface area contributed by atoms with Crippen LogP contribution < -0.4 is 4.72 Å². The molecule has 0 radical (unpaired) electrons. The standard InChI is InChI=1S/C18H18N2O5S/c1-10-7-8-13(17-11(2)19-25-12(17)3)9-16(10)26(23,24)20-14-5-4-6-15(21)18(14)22/h4-9,20-22H,1-3H3. The van der Waals surface area contributed by atoms with Crippen molar-refractivity contribution in [3.05, 3.63) is 53.4 Å². The van der Waals surface area contributed by atoms with Gasteiger partial charge in [0.05, 0.1) is 16.3 Å². The largest absolute Gasteiger partial charge is 0.504 e. The van der Waals surface area contributed by atoms with Gasteiger partial charge in [-0.15, -0.1) is 0 Å². The van der Waals surface area contributed by atoms with Gasteiger partial charge in [0.2, 0.25) is 0 Å². The van der Waals surface area contributed by atoms with E-state index in [0.717, 1.165) is 5.56 Å². The Balaban J connectivity index is 2.08. The van der Waals surface area contributed by atoms with Gasteiger partial charge >= 0.3 is 0 Å². The van der Waals surface area contributed by atoms with Crippen LogP contribution in [0.2, 0.25) is 0 Å². The number of aryl methyl sites for hydroxylation is 3. The lowest BCUT2D eigenvalue weighted by Gasteiger charge is -2.13. The number of sulfonamides is 1. The molecule has 7 nitrogen and oxygen atoms in total. The summed E-state index contributed by atoms with van der Waals surface area (Å²) in [5.41, 5.74) is 2.49. The van der Waals surface area contributed by atoms with Crippen LogP contribution >= 0.6 is 0 Å². The highest BCUT2D eigenvalue weighted by molar-refractivity contribution is 7.92. The number of aromatic nitrogens is 1. The predicted octanol–water partition coefficient (Wildman–Crippen LogP) is 3.48. The summed E-state index contributed by atoms with van der Waals surface area (Å²) < 4.78 is 33.1. The Hall–Kier alpha value is -3.00. The second-order valence-electron chi connectivity index (χ2n) is 5.96. The molecular weight excluding hydrogens is 356 g/mol. The summed E-state index contributed by atoms with van der Waals surface area (Å²) >= 11 is 0. The third-order valence-electron chi connectivity index (χ3n) is 4.06. The van der Waals surface area contributed by atoms with E-state index < -0.39 is 21.5 Å². The topological polar surface area (TPSA) is 113 Å². The molecule has 3 aromatic rings. The highest BCUT2D eigenvalue weighted by Crippen LogP contribution is 2.35. The first kappa shape index (κ1) is 17.8. The Morgan fingerprint density at radius 1 is 1.08 bits per heavy atom. The van der Waals surface area contributed by atoms with Crippen LogP contribution in [0.15, 0.2) is 45.8 Å². The van der Waals surface area contributed by atoms with E-state index in [4.69, 9.17) is 4.52 Å². The van der Waals surface area contributed by atoms with Crippen LogP contribution in [-0.4, -0.2) is 23.8 Å². The molecule has 0 atom stereocenters. The van der Waals surface area contributed by atoms with Crippen LogP contribution in [-0.2, 0) is 10.0 Å². The molecule has 0 aliphatic carbocycles. The van der Waals surface area contributed by atoms with E-state index in [1.54, 1.807) is 32.9 Å². The summed E-state index contributed by atoms with van der Waals surface area (Å²) in [6, 6.07) is 9.07. The lowest BCUT2D eigenvalue weighted by atomic mass is 10.0. The summed E-state index contributed by atoms with van der Waals surface area (Å²) in [5, 5.41) is 23.3. The summed E-state index contributed by atoms with van der Waals surface area (Å²) in [5.74, 6) is -0.352. The number of aromatic hydroxyl groups is 2. The molecule has 1 heterocycles. The van der Waals surface area contributed by atoms with Crippen molar-refractivity contribution in [3.63, 3.8) is 0 Å². The monoisotopic (exact) mass is 374 g/mol. The summed E-state index contributed by atoms with van der Waals surface area (Å²) in [6.07, 6.45) is 0. The van der Waals surface area contributed by atoms with Crippen molar-refractivity contribution in [2.45, 2.75) is 25.7 Å². The van der Waals surface area contributed by atoms with Crippen molar-refractivity contribution in [2.75, 3.05) is 4.72 Å². The zero-order valence-corrected chi connectivity index (χ0v) is 15.3. The van der Waals surface area contributed by atoms with E-state index >= 15 is 0 Å². The highest BCUT2D eigenvalue weighted by Gasteiger charge is 2.22. The molecule has 8 heteroatoms. The number of rotatable bonds is 4. The minimum atomic E-state index is -3.99. The number of hydrogen-bond acceptors (Lipinski definition) is 6. The molecule has 0 amide bonds. The average Bonchev–Trinajstić information content (AvgIpc) is 2.91. The molecule has 0 aliphatic rings. The molecule has 3 N–H and O–H groups in total. The van der Waals surface area contributed by atoms with Gasteiger partial charge in [-0.3, -0.25) is 4.72 Å². The van der Waals surface area contributed by atoms with Crippen molar-refractivity contribution in [2.24, 2.45) is 0 Å². The number of benzene rings is 2. The third-order valence-corrected chi connectivity index (χ3v) is 5.57. The predicted molar refractivity (Wildman–Crippen MR) is 96.7 cm³/mol. The van der Waals surface area contributed by atoms with Gasteiger partial charge in [-0.2, -0.15) is 0 Å². The Bertz CT molecular complexity index is 1070. The van der Waals surface area contributed by atoms with Gasteiger partial charge in [0.25, 0.3) is 10.0 Å². The number of nitrogens with one attached hydrogen (secondary N) is 1. The number of hydrogen-bond donors (Lipinski definition) is 3. The first-order valence-corrected chi connectivity index (χ1v) is 9.26. The second kappa shape index (κ2) is 6.38. The Kier molecular flexibility index (Phi) is 4.37. The van der Waals surface area contributed by atoms with Crippen LogP contribution in [0, 0.1) is 20.8 Å². The highest BCUT2D eigenvalue weighted by atomic mass is 32.2. The molecule has 2 aromatic carbocycles. The molecule has 1 aromatic heterocycles. The van der Waals surface area contributed by atoms with E-state index in [1.807, 2.05) is 0 Å². The fourth-order valence-electron chi connectivity index (χ4n) is 2.75. The SMILES string of the molecule is Cc1ccc(-c2c(C)noc2C)cc1S(=O)(=O)Nc1cccc(O)c1O. The maximum atomic E-state index is 12.8. The molecule has 0 saturated carbocycles. The molecule has 0 fully saturated rings. The summed E-state index contributed by atoms with van der Waals surface area (Å²) in [7, 11) is -3.99. The molecule has 3 rings (SSSR count). The van der Waals surface area contributed by atoms with Gasteiger partial charge in [0.15, 0.2) is 11.5 Å². The fourth-order valence-corrected chi connectivity index (χ4v) is 4.09. The molecule has 0 aliphatic heterocycles. The van der Waals surface area contributed by atoms with Crippen molar-refractivity contribution in [3.8, 4) is 22.6 Å². The normalized spacial score (nSPS) is 11.5. The van der Waals surface area contributed by atoms with E-state index in [2.05, 4.69) is 9.88 Å². The smallest absolute Gasteiger partial charge is 0.262 e. The quantitative estimate of drug-likeness (QED) is 0.603. The zero-order valence-electron chi connectivity index (χ0n) is 14.4. The minimum absolute atomic E-state index is 0.0535. The van der Waals surface area contributed by atoms with Gasteiger partial charge in [0.1, 0.15) is 5.76 Å². The Morgan fingerprint density at radius 2 is 1.81 bits per heavy atom. The van der Waals surface area contributed by atoms with E-state index in [9.17, 15) is 18.6 Å². The lowest BCUT2D eigenvalue weighted by Crippen LogP contribution is -2.14. The molecule has 0 bridgehead atoms. The molecule has 136 valence electrons. The number of phenolic OH excluding ortho intramolecular Hbond substituents is 2. The van der Waals surface area contributed by atoms with Crippen LogP contribution in [0.1, 0.15) is 17.0 Å².